The summed E-state index contributed by atoms with van der Waals surface area (Å²) >= 11 is 0. The fraction of sp³-hybridized carbons (Fsp3) is 0.136. The van der Waals surface area contributed by atoms with Crippen molar-refractivity contribution in [3.05, 3.63) is 89.8 Å². The molecule has 2 aromatic carbocycles. The van der Waals surface area contributed by atoms with Gasteiger partial charge in [-0.1, -0.05) is 12.1 Å². The summed E-state index contributed by atoms with van der Waals surface area (Å²) in [7, 11) is -3.81. The Hall–Kier alpha value is -3.39. The predicted octanol–water partition coefficient (Wildman–Crippen LogP) is 3.83. The van der Waals surface area contributed by atoms with E-state index < -0.39 is 15.7 Å². The molecule has 0 aliphatic heterocycles. The van der Waals surface area contributed by atoms with E-state index in [2.05, 4.69) is 9.97 Å². The molecule has 2 aromatic heterocycles. The average Bonchev–Trinajstić information content (AvgIpc) is 3.19. The summed E-state index contributed by atoms with van der Waals surface area (Å²) in [6.07, 6.45) is 7.24. The van der Waals surface area contributed by atoms with E-state index in [1.807, 2.05) is 0 Å². The lowest BCUT2D eigenvalue weighted by molar-refractivity contribution is 0.0982. The molecule has 0 atom stereocenters. The number of imidazole rings is 1. The SMILES string of the molecule is Cc1cc(F)cc(S(=O)(=O)c2ccc(CCC(=O)c3cnc4nccn4c3)cc2)c1. The van der Waals surface area contributed by atoms with Gasteiger partial charge in [-0.25, -0.2) is 22.8 Å². The summed E-state index contributed by atoms with van der Waals surface area (Å²) in [4.78, 5) is 20.6. The lowest BCUT2D eigenvalue weighted by Crippen LogP contribution is -2.05. The van der Waals surface area contributed by atoms with Gasteiger partial charge in [-0.15, -0.1) is 0 Å². The highest BCUT2D eigenvalue weighted by Crippen LogP contribution is 2.23. The molecule has 6 nitrogen and oxygen atoms in total. The van der Waals surface area contributed by atoms with Crippen molar-refractivity contribution in [2.75, 3.05) is 0 Å². The number of rotatable bonds is 6. The van der Waals surface area contributed by atoms with Crippen LogP contribution in [0.25, 0.3) is 5.78 Å². The topological polar surface area (TPSA) is 81.4 Å². The molecule has 0 amide bonds. The first-order valence-corrected chi connectivity index (χ1v) is 10.7. The van der Waals surface area contributed by atoms with Crippen molar-refractivity contribution in [2.45, 2.75) is 29.6 Å². The molecule has 4 rings (SSSR count). The highest BCUT2D eigenvalue weighted by atomic mass is 32.2. The lowest BCUT2D eigenvalue weighted by Gasteiger charge is -2.08. The quantitative estimate of drug-likeness (QED) is 0.440. The number of benzene rings is 2. The summed E-state index contributed by atoms with van der Waals surface area (Å²) in [5.74, 6) is -0.131. The zero-order chi connectivity index (χ0) is 21.3. The lowest BCUT2D eigenvalue weighted by atomic mass is 10.0. The van der Waals surface area contributed by atoms with E-state index in [4.69, 9.17) is 0 Å². The molecule has 0 saturated carbocycles. The van der Waals surface area contributed by atoms with Crippen LogP contribution >= 0.6 is 0 Å². The van der Waals surface area contributed by atoms with Crippen molar-refractivity contribution in [3.63, 3.8) is 0 Å². The Morgan fingerprint density at radius 3 is 2.57 bits per heavy atom. The number of Topliss-reactive ketones (excluding diaryl/α,β-unsaturated/α-hetero) is 1. The summed E-state index contributed by atoms with van der Waals surface area (Å²) < 4.78 is 40.8. The maximum atomic E-state index is 13.6. The molecule has 2 heterocycles. The van der Waals surface area contributed by atoms with E-state index in [-0.39, 0.29) is 22.0 Å². The minimum Gasteiger partial charge on any atom is -0.294 e. The van der Waals surface area contributed by atoms with Gasteiger partial charge in [0.2, 0.25) is 15.6 Å². The number of carbonyl (C=O) groups excluding carboxylic acids is 1. The van der Waals surface area contributed by atoms with Crippen LogP contribution in [0.3, 0.4) is 0 Å². The number of nitrogens with zero attached hydrogens (tertiary/aromatic N) is 3. The summed E-state index contributed by atoms with van der Waals surface area (Å²) in [5.41, 5.74) is 1.85. The van der Waals surface area contributed by atoms with E-state index in [0.29, 0.717) is 23.3 Å². The van der Waals surface area contributed by atoms with E-state index in [1.54, 1.807) is 42.0 Å². The fourth-order valence-electron chi connectivity index (χ4n) is 3.19. The number of fused-ring (bicyclic) bond motifs is 1. The Morgan fingerprint density at radius 1 is 1.07 bits per heavy atom. The molecule has 30 heavy (non-hydrogen) atoms. The van der Waals surface area contributed by atoms with Gasteiger partial charge in [0.1, 0.15) is 5.82 Å². The molecular weight excluding hydrogens is 405 g/mol. The molecule has 0 unspecified atom stereocenters. The third-order valence-corrected chi connectivity index (χ3v) is 6.52. The smallest absolute Gasteiger partial charge is 0.233 e. The first-order chi connectivity index (χ1) is 14.3. The fourth-order valence-corrected chi connectivity index (χ4v) is 4.57. The minimum absolute atomic E-state index is 0.0648. The van der Waals surface area contributed by atoms with Gasteiger partial charge >= 0.3 is 0 Å². The first kappa shape index (κ1) is 19.9. The summed E-state index contributed by atoms with van der Waals surface area (Å²) in [6.45, 7) is 1.64. The molecule has 4 aromatic rings. The van der Waals surface area contributed by atoms with Crippen molar-refractivity contribution >= 4 is 21.4 Å². The number of aromatic nitrogens is 3. The van der Waals surface area contributed by atoms with Gasteiger partial charge in [0.05, 0.1) is 15.4 Å². The van der Waals surface area contributed by atoms with Crippen LogP contribution in [0.5, 0.6) is 0 Å². The highest BCUT2D eigenvalue weighted by molar-refractivity contribution is 7.91. The highest BCUT2D eigenvalue weighted by Gasteiger charge is 2.19. The Morgan fingerprint density at radius 2 is 1.83 bits per heavy atom. The Bertz CT molecular complexity index is 1330. The molecule has 0 saturated heterocycles. The molecule has 0 aliphatic carbocycles. The predicted molar refractivity (Wildman–Crippen MR) is 109 cm³/mol. The van der Waals surface area contributed by atoms with Gasteiger partial charge < -0.3 is 0 Å². The number of halogens is 1. The molecule has 0 bridgehead atoms. The third kappa shape index (κ3) is 3.99. The van der Waals surface area contributed by atoms with Crippen molar-refractivity contribution in [1.29, 1.82) is 0 Å². The standard InChI is InChI=1S/C22H18FN3O3S/c1-15-10-18(23)12-20(11-15)30(28,29)19-5-2-16(3-6-19)4-7-21(27)17-13-25-22-24-8-9-26(22)14-17/h2-3,5-6,8-14H,4,7H2,1H3. The van der Waals surface area contributed by atoms with Crippen molar-refractivity contribution in [3.8, 4) is 0 Å². The second-order valence-corrected chi connectivity index (χ2v) is 8.96. The Labute approximate surface area is 173 Å². The zero-order valence-corrected chi connectivity index (χ0v) is 16.9. The summed E-state index contributed by atoms with van der Waals surface area (Å²) in [5, 5.41) is 0. The number of hydrogen-bond donors (Lipinski definition) is 0. The molecule has 0 radical (unpaired) electrons. The van der Waals surface area contributed by atoms with Crippen LogP contribution in [-0.2, 0) is 16.3 Å². The normalized spacial score (nSPS) is 11.7. The van der Waals surface area contributed by atoms with E-state index in [9.17, 15) is 17.6 Å². The van der Waals surface area contributed by atoms with Crippen LogP contribution in [-0.4, -0.2) is 28.6 Å². The van der Waals surface area contributed by atoms with Gasteiger partial charge in [0.15, 0.2) is 5.78 Å². The monoisotopic (exact) mass is 423 g/mol. The molecule has 0 spiro atoms. The van der Waals surface area contributed by atoms with E-state index in [1.165, 1.54) is 30.5 Å². The van der Waals surface area contributed by atoms with Crippen molar-refractivity contribution < 1.29 is 17.6 Å². The maximum absolute atomic E-state index is 13.6. The van der Waals surface area contributed by atoms with Crippen LogP contribution in [0, 0.1) is 12.7 Å². The van der Waals surface area contributed by atoms with Crippen LogP contribution in [0.15, 0.2) is 77.0 Å². The van der Waals surface area contributed by atoms with Crippen molar-refractivity contribution in [1.82, 2.24) is 14.4 Å². The van der Waals surface area contributed by atoms with Gasteiger partial charge in [-0.2, -0.15) is 0 Å². The van der Waals surface area contributed by atoms with Crippen LogP contribution in [0.4, 0.5) is 4.39 Å². The maximum Gasteiger partial charge on any atom is 0.233 e. The van der Waals surface area contributed by atoms with Gasteiger partial charge in [0.25, 0.3) is 0 Å². The number of sulfone groups is 1. The Kier molecular flexibility index (Phi) is 5.17. The number of ketones is 1. The van der Waals surface area contributed by atoms with Gasteiger partial charge in [0, 0.05) is 31.2 Å². The van der Waals surface area contributed by atoms with Crippen molar-refractivity contribution in [2.24, 2.45) is 0 Å². The van der Waals surface area contributed by atoms with Crippen LogP contribution in [0.2, 0.25) is 0 Å². The molecule has 0 fully saturated rings. The minimum atomic E-state index is -3.81. The van der Waals surface area contributed by atoms with Gasteiger partial charge in [-0.3, -0.25) is 9.20 Å². The molecule has 0 aliphatic rings. The molecule has 0 N–H and O–H groups in total. The van der Waals surface area contributed by atoms with Crippen LogP contribution in [0.1, 0.15) is 27.9 Å². The van der Waals surface area contributed by atoms with Crippen LogP contribution < -0.4 is 0 Å². The van der Waals surface area contributed by atoms with E-state index >= 15 is 0 Å². The second-order valence-electron chi connectivity index (χ2n) is 7.01. The second kappa shape index (κ2) is 7.79. The molecular formula is C22H18FN3O3S. The van der Waals surface area contributed by atoms with E-state index in [0.717, 1.165) is 11.6 Å². The average molecular weight is 423 g/mol. The summed E-state index contributed by atoms with van der Waals surface area (Å²) in [6, 6.07) is 10.0. The number of carbonyl (C=O) groups is 1. The van der Waals surface area contributed by atoms with Gasteiger partial charge in [-0.05, 0) is 54.8 Å². The number of hydrogen-bond acceptors (Lipinski definition) is 5. The Balaban J connectivity index is 1.47. The third-order valence-electron chi connectivity index (χ3n) is 4.77. The first-order valence-electron chi connectivity index (χ1n) is 9.26. The largest absolute Gasteiger partial charge is 0.294 e. The molecule has 8 heteroatoms. The molecule has 152 valence electrons. The number of aryl methyl sites for hydroxylation is 2. The zero-order valence-electron chi connectivity index (χ0n) is 16.1.